The molecule has 0 nitrogen and oxygen atoms in total. The van der Waals surface area contributed by atoms with Crippen LogP contribution in [0.3, 0.4) is 0 Å². The molecule has 1 unspecified atom stereocenters. The molecule has 132 valence electrons. The molecule has 0 saturated heterocycles. The summed E-state index contributed by atoms with van der Waals surface area (Å²) in [4.78, 5) is 0. The first-order valence-electron chi connectivity index (χ1n) is 9.14. The number of alkyl halides is 3. The van der Waals surface area contributed by atoms with E-state index in [9.17, 15) is 0 Å². The van der Waals surface area contributed by atoms with Crippen LogP contribution < -0.4 is 0 Å². The summed E-state index contributed by atoms with van der Waals surface area (Å²) in [5.74, 6) is 0.761. The van der Waals surface area contributed by atoms with Crippen LogP contribution in [0.25, 0.3) is 0 Å². The molecule has 1 aromatic rings. The molecule has 1 rings (SSSR count). The Hall–Kier alpha value is -0.310. The van der Waals surface area contributed by atoms with Crippen molar-refractivity contribution in [1.82, 2.24) is 0 Å². The van der Waals surface area contributed by atoms with Crippen molar-refractivity contribution in [3.8, 4) is 0 Å². The molecule has 0 radical (unpaired) electrons. The Morgan fingerprint density at radius 3 is 2.13 bits per heavy atom. The molecule has 0 N–H and O–H groups in total. The summed E-state index contributed by atoms with van der Waals surface area (Å²) >= 11 is -0.737. The molecular weight excluding hydrogens is 391 g/mol. The first kappa shape index (κ1) is 20.7. The van der Waals surface area contributed by atoms with Gasteiger partial charge in [0.15, 0.2) is 0 Å². The second-order valence-corrected chi connectivity index (χ2v) is 14.5. The molecule has 0 amide bonds. The summed E-state index contributed by atoms with van der Waals surface area (Å²) < 4.78 is 4.41. The molecule has 0 spiro atoms. The molecule has 0 fully saturated rings. The van der Waals surface area contributed by atoms with Gasteiger partial charge in [-0.15, -0.1) is 0 Å². The molecule has 1 atom stereocenters. The number of allylic oxidation sites excluding steroid dienone is 2. The van der Waals surface area contributed by atoms with Gasteiger partial charge in [-0.1, -0.05) is 0 Å². The van der Waals surface area contributed by atoms with Gasteiger partial charge in [-0.05, 0) is 0 Å². The van der Waals surface area contributed by atoms with Crippen molar-refractivity contribution in [2.45, 2.75) is 66.7 Å². The van der Waals surface area contributed by atoms with E-state index < -0.39 is 19.8 Å². The van der Waals surface area contributed by atoms with E-state index in [1.54, 1.807) is 5.57 Å². The van der Waals surface area contributed by atoms with E-state index in [1.165, 1.54) is 37.3 Å². The monoisotopic (exact) mass is 428 g/mol. The van der Waals surface area contributed by atoms with Crippen LogP contribution in [0.4, 0.5) is 0 Å². The van der Waals surface area contributed by atoms with Gasteiger partial charge < -0.3 is 0 Å². The van der Waals surface area contributed by atoms with Crippen LogP contribution in [0.1, 0.15) is 65.5 Å². The van der Waals surface area contributed by atoms with Crippen LogP contribution >= 0.6 is 19.8 Å². The average molecular weight is 428 g/mol. The summed E-state index contributed by atoms with van der Waals surface area (Å²) in [7, 11) is 0. The molecule has 0 aliphatic carbocycles. The number of halogens is 1. The van der Waals surface area contributed by atoms with E-state index in [2.05, 4.69) is 78.8 Å². The van der Waals surface area contributed by atoms with E-state index in [1.807, 2.05) is 0 Å². The fourth-order valence-corrected chi connectivity index (χ4v) is 7.63. The maximum atomic E-state index is 2.60. The van der Waals surface area contributed by atoms with Crippen molar-refractivity contribution < 1.29 is 0 Å². The number of hydrogen-bond donors (Lipinski definition) is 0. The zero-order chi connectivity index (χ0) is 17.5. The van der Waals surface area contributed by atoms with Gasteiger partial charge in [0.05, 0.1) is 0 Å². The van der Waals surface area contributed by atoms with Crippen LogP contribution in [0.5, 0.6) is 0 Å². The van der Waals surface area contributed by atoms with Crippen LogP contribution in [0.15, 0.2) is 35.9 Å². The second-order valence-electron chi connectivity index (χ2n) is 7.34. The zero-order valence-electron chi connectivity index (χ0n) is 16.4. The second kappa shape index (κ2) is 9.86. The van der Waals surface area contributed by atoms with Gasteiger partial charge in [0.1, 0.15) is 0 Å². The fraction of sp³-hybridized carbons (Fsp3) is 0.636. The van der Waals surface area contributed by atoms with E-state index in [-0.39, 0.29) is 5.41 Å². The summed E-state index contributed by atoms with van der Waals surface area (Å²) in [5, 5.41) is 0. The standard InChI is InChI=1S/C22H37I/c1-8-18(4)15-20(17-23(9-2)10-3)16-22(6,7)21-13-11-19(5)12-14-21/h11-15,20H,8-10,16-17H2,1-7H3/b18-15-. The van der Waals surface area contributed by atoms with E-state index >= 15 is 0 Å². The Labute approximate surface area is 152 Å². The van der Waals surface area contributed by atoms with Gasteiger partial charge in [-0.3, -0.25) is 0 Å². The van der Waals surface area contributed by atoms with Gasteiger partial charge >= 0.3 is 153 Å². The van der Waals surface area contributed by atoms with Gasteiger partial charge in [0.25, 0.3) is 0 Å². The Balaban J connectivity index is 2.95. The molecule has 0 aliphatic rings. The third-order valence-electron chi connectivity index (χ3n) is 4.86. The number of benzene rings is 1. The Bertz CT molecular complexity index is 477. The third kappa shape index (κ3) is 6.99. The predicted molar refractivity (Wildman–Crippen MR) is 116 cm³/mol. The van der Waals surface area contributed by atoms with Crippen LogP contribution in [0.2, 0.25) is 0 Å². The van der Waals surface area contributed by atoms with Crippen molar-refractivity contribution >= 4 is 19.8 Å². The molecule has 0 bridgehead atoms. The minimum atomic E-state index is -0.737. The Kier molecular flexibility index (Phi) is 8.89. The minimum absolute atomic E-state index is 0.256. The maximum absolute atomic E-state index is 2.60. The first-order chi connectivity index (χ1) is 10.8. The summed E-state index contributed by atoms with van der Waals surface area (Å²) in [6, 6.07) is 9.18. The number of rotatable bonds is 9. The van der Waals surface area contributed by atoms with Crippen molar-refractivity contribution in [2.75, 3.05) is 13.3 Å². The normalized spacial score (nSPS) is 14.7. The van der Waals surface area contributed by atoms with E-state index in [0.717, 1.165) is 5.92 Å². The SMILES string of the molecule is CC/C(C)=C\C(CI(CC)CC)CC(C)(C)c1ccc(C)cc1. The van der Waals surface area contributed by atoms with Crippen LogP contribution in [0, 0.1) is 12.8 Å². The number of hydrogen-bond acceptors (Lipinski definition) is 0. The summed E-state index contributed by atoms with van der Waals surface area (Å²) in [6.45, 7) is 16.4. The molecule has 0 saturated carbocycles. The van der Waals surface area contributed by atoms with E-state index in [0.29, 0.717) is 0 Å². The molecule has 23 heavy (non-hydrogen) atoms. The van der Waals surface area contributed by atoms with Crippen LogP contribution in [-0.2, 0) is 5.41 Å². The summed E-state index contributed by atoms with van der Waals surface area (Å²) in [6.07, 6.45) is 5.07. The molecule has 0 heterocycles. The van der Waals surface area contributed by atoms with Crippen molar-refractivity contribution in [2.24, 2.45) is 5.92 Å². The topological polar surface area (TPSA) is 0 Å². The number of aryl methyl sites for hydroxylation is 1. The third-order valence-corrected chi connectivity index (χ3v) is 11.5. The molecule has 1 heteroatoms. The average Bonchev–Trinajstić information content (AvgIpc) is 2.52. The fourth-order valence-electron chi connectivity index (χ4n) is 3.14. The zero-order valence-corrected chi connectivity index (χ0v) is 18.5. The van der Waals surface area contributed by atoms with Gasteiger partial charge in [0, 0.05) is 0 Å². The van der Waals surface area contributed by atoms with E-state index in [4.69, 9.17) is 0 Å². The van der Waals surface area contributed by atoms with Crippen LogP contribution in [-0.4, -0.2) is 13.3 Å². The predicted octanol–water partition coefficient (Wildman–Crippen LogP) is 7.18. The van der Waals surface area contributed by atoms with Crippen molar-refractivity contribution in [3.05, 3.63) is 47.0 Å². The van der Waals surface area contributed by atoms with Gasteiger partial charge in [-0.2, -0.15) is 0 Å². The molecular formula is C22H37I. The Morgan fingerprint density at radius 2 is 1.65 bits per heavy atom. The first-order valence-corrected chi connectivity index (χ1v) is 13.7. The Morgan fingerprint density at radius 1 is 1.09 bits per heavy atom. The quantitative estimate of drug-likeness (QED) is 0.222. The molecule has 0 aromatic heterocycles. The van der Waals surface area contributed by atoms with Crippen molar-refractivity contribution in [3.63, 3.8) is 0 Å². The van der Waals surface area contributed by atoms with Crippen molar-refractivity contribution in [1.29, 1.82) is 0 Å². The van der Waals surface area contributed by atoms with Gasteiger partial charge in [0.2, 0.25) is 0 Å². The molecule has 1 aromatic carbocycles. The van der Waals surface area contributed by atoms with Gasteiger partial charge in [-0.25, -0.2) is 0 Å². The molecule has 0 aliphatic heterocycles. The summed E-state index contributed by atoms with van der Waals surface area (Å²) in [5.41, 5.74) is 4.67.